The van der Waals surface area contributed by atoms with Gasteiger partial charge < -0.3 is 5.32 Å². The number of halogens is 1. The van der Waals surface area contributed by atoms with Gasteiger partial charge in [0.15, 0.2) is 0 Å². The van der Waals surface area contributed by atoms with Crippen LogP contribution in [0.1, 0.15) is 12.0 Å². The smallest absolute Gasteiger partial charge is 0.132 e. The van der Waals surface area contributed by atoms with Crippen molar-refractivity contribution in [3.8, 4) is 11.3 Å². The zero-order valence-electron chi connectivity index (χ0n) is 13.8. The molecule has 5 nitrogen and oxygen atoms in total. The van der Waals surface area contributed by atoms with Gasteiger partial charge in [-0.1, -0.05) is 12.1 Å². The molecule has 1 aromatic heterocycles. The van der Waals surface area contributed by atoms with E-state index in [2.05, 4.69) is 25.3 Å². The summed E-state index contributed by atoms with van der Waals surface area (Å²) in [5, 5.41) is 10.5. The monoisotopic (exact) mass is 329 g/mol. The number of nitrogens with one attached hydrogen (secondary N) is 2. The van der Waals surface area contributed by atoms with Crippen LogP contribution in [0.25, 0.3) is 11.3 Å². The lowest BCUT2D eigenvalue weighted by molar-refractivity contribution is 0.170. The number of benzene rings is 1. The van der Waals surface area contributed by atoms with Gasteiger partial charge in [0, 0.05) is 63.0 Å². The SMILES string of the molecule is Fc1ccccc1-c1[nH]ncc1CN1CCC(N2CCNCC2)C1. The van der Waals surface area contributed by atoms with Crippen molar-refractivity contribution < 1.29 is 4.39 Å². The maximum atomic E-state index is 14.1. The molecule has 0 radical (unpaired) electrons. The largest absolute Gasteiger partial charge is 0.314 e. The second kappa shape index (κ2) is 7.01. The lowest BCUT2D eigenvalue weighted by Gasteiger charge is -2.32. The number of aromatic amines is 1. The van der Waals surface area contributed by atoms with Gasteiger partial charge in [-0.15, -0.1) is 0 Å². The summed E-state index contributed by atoms with van der Waals surface area (Å²) in [5.74, 6) is -0.205. The Bertz CT molecular complexity index is 680. The van der Waals surface area contributed by atoms with Crippen molar-refractivity contribution in [3.05, 3.63) is 41.8 Å². The van der Waals surface area contributed by atoms with Crippen molar-refractivity contribution in [2.75, 3.05) is 39.3 Å². The molecule has 0 spiro atoms. The molecule has 1 unspecified atom stereocenters. The van der Waals surface area contributed by atoms with Gasteiger partial charge in [-0.3, -0.25) is 14.9 Å². The highest BCUT2D eigenvalue weighted by Crippen LogP contribution is 2.26. The molecule has 128 valence electrons. The third kappa shape index (κ3) is 3.22. The van der Waals surface area contributed by atoms with Crippen molar-refractivity contribution in [2.24, 2.45) is 0 Å². The minimum atomic E-state index is -0.205. The van der Waals surface area contributed by atoms with Gasteiger partial charge in [0.1, 0.15) is 5.82 Å². The Hall–Kier alpha value is -1.76. The maximum Gasteiger partial charge on any atom is 0.132 e. The van der Waals surface area contributed by atoms with Gasteiger partial charge in [-0.25, -0.2) is 4.39 Å². The van der Waals surface area contributed by atoms with Crippen LogP contribution in [0, 0.1) is 5.82 Å². The fourth-order valence-electron chi connectivity index (χ4n) is 3.87. The summed E-state index contributed by atoms with van der Waals surface area (Å²) in [5.41, 5.74) is 2.47. The first-order valence-corrected chi connectivity index (χ1v) is 8.75. The van der Waals surface area contributed by atoms with E-state index in [1.54, 1.807) is 12.1 Å². The lowest BCUT2D eigenvalue weighted by Crippen LogP contribution is -2.49. The van der Waals surface area contributed by atoms with Crippen molar-refractivity contribution in [3.63, 3.8) is 0 Å². The Morgan fingerprint density at radius 1 is 1.17 bits per heavy atom. The number of piperazine rings is 1. The lowest BCUT2D eigenvalue weighted by atomic mass is 10.1. The van der Waals surface area contributed by atoms with Gasteiger partial charge in [0.25, 0.3) is 0 Å². The van der Waals surface area contributed by atoms with E-state index in [1.165, 1.54) is 12.5 Å². The standard InChI is InChI=1S/C18H24FN5/c19-17-4-2-1-3-16(17)18-14(11-21-22-18)12-23-8-5-15(13-23)24-9-6-20-7-10-24/h1-4,11,15,20H,5-10,12-13H2,(H,21,22). The molecule has 2 fully saturated rings. The predicted molar refractivity (Wildman–Crippen MR) is 92.1 cm³/mol. The van der Waals surface area contributed by atoms with Gasteiger partial charge in [0.2, 0.25) is 0 Å². The average molecular weight is 329 g/mol. The number of nitrogens with zero attached hydrogens (tertiary/aromatic N) is 3. The van der Waals surface area contributed by atoms with Crippen LogP contribution in [0.4, 0.5) is 4.39 Å². The van der Waals surface area contributed by atoms with Crippen LogP contribution in [-0.2, 0) is 6.54 Å². The highest BCUT2D eigenvalue weighted by atomic mass is 19.1. The van der Waals surface area contributed by atoms with Gasteiger partial charge >= 0.3 is 0 Å². The molecule has 2 aromatic rings. The third-order valence-electron chi connectivity index (χ3n) is 5.17. The van der Waals surface area contributed by atoms with Crippen LogP contribution in [0.3, 0.4) is 0 Å². The predicted octanol–water partition coefficient (Wildman–Crippen LogP) is 1.70. The molecule has 24 heavy (non-hydrogen) atoms. The summed E-state index contributed by atoms with van der Waals surface area (Å²) in [4.78, 5) is 5.06. The molecule has 2 N–H and O–H groups in total. The molecule has 2 saturated heterocycles. The second-order valence-electron chi connectivity index (χ2n) is 6.71. The molecule has 4 rings (SSSR count). The van der Waals surface area contributed by atoms with Gasteiger partial charge in [-0.2, -0.15) is 5.10 Å². The minimum absolute atomic E-state index is 0.205. The Kier molecular flexibility index (Phi) is 4.60. The normalized spacial score (nSPS) is 23.0. The van der Waals surface area contributed by atoms with Gasteiger partial charge in [-0.05, 0) is 18.6 Å². The summed E-state index contributed by atoms with van der Waals surface area (Å²) in [7, 11) is 0. The molecule has 2 aliphatic rings. The molecular formula is C18H24FN5. The van der Waals surface area contributed by atoms with E-state index in [0.717, 1.165) is 57.1 Å². The molecule has 1 aromatic carbocycles. The van der Waals surface area contributed by atoms with Crippen molar-refractivity contribution >= 4 is 0 Å². The van der Waals surface area contributed by atoms with Crippen LogP contribution in [0.15, 0.2) is 30.5 Å². The fraction of sp³-hybridized carbons (Fsp3) is 0.500. The molecule has 0 saturated carbocycles. The highest BCUT2D eigenvalue weighted by molar-refractivity contribution is 5.63. The summed E-state index contributed by atoms with van der Waals surface area (Å²) in [6, 6.07) is 7.53. The first-order valence-electron chi connectivity index (χ1n) is 8.75. The van der Waals surface area contributed by atoms with E-state index < -0.39 is 0 Å². The minimum Gasteiger partial charge on any atom is -0.314 e. The molecule has 2 aliphatic heterocycles. The van der Waals surface area contributed by atoms with E-state index in [1.807, 2.05) is 12.3 Å². The van der Waals surface area contributed by atoms with E-state index in [4.69, 9.17) is 0 Å². The number of rotatable bonds is 4. The van der Waals surface area contributed by atoms with E-state index in [9.17, 15) is 4.39 Å². The van der Waals surface area contributed by atoms with E-state index >= 15 is 0 Å². The number of H-pyrrole nitrogens is 1. The number of hydrogen-bond acceptors (Lipinski definition) is 4. The molecular weight excluding hydrogens is 305 g/mol. The summed E-state index contributed by atoms with van der Waals surface area (Å²) in [6.45, 7) is 7.47. The zero-order chi connectivity index (χ0) is 16.4. The van der Waals surface area contributed by atoms with Crippen LogP contribution in [-0.4, -0.2) is 65.3 Å². The van der Waals surface area contributed by atoms with E-state index in [-0.39, 0.29) is 5.82 Å². The van der Waals surface area contributed by atoms with E-state index in [0.29, 0.717) is 11.6 Å². The summed E-state index contributed by atoms with van der Waals surface area (Å²) < 4.78 is 14.1. The molecule has 1 atom stereocenters. The number of likely N-dealkylation sites (tertiary alicyclic amines) is 1. The third-order valence-corrected chi connectivity index (χ3v) is 5.17. The van der Waals surface area contributed by atoms with Crippen molar-refractivity contribution in [1.82, 2.24) is 25.3 Å². The Labute approximate surface area is 141 Å². The summed E-state index contributed by atoms with van der Waals surface area (Å²) >= 11 is 0. The first kappa shape index (κ1) is 15.7. The summed E-state index contributed by atoms with van der Waals surface area (Å²) in [6.07, 6.45) is 3.05. The van der Waals surface area contributed by atoms with Crippen molar-refractivity contribution in [2.45, 2.75) is 19.0 Å². The molecule has 0 amide bonds. The van der Waals surface area contributed by atoms with Crippen LogP contribution in [0.2, 0.25) is 0 Å². The van der Waals surface area contributed by atoms with Crippen LogP contribution >= 0.6 is 0 Å². The number of aromatic nitrogens is 2. The Balaban J connectivity index is 1.44. The molecule has 0 aliphatic carbocycles. The van der Waals surface area contributed by atoms with Crippen LogP contribution in [0.5, 0.6) is 0 Å². The average Bonchev–Trinajstić information content (AvgIpc) is 3.26. The van der Waals surface area contributed by atoms with Crippen LogP contribution < -0.4 is 5.32 Å². The zero-order valence-corrected chi connectivity index (χ0v) is 13.8. The first-order chi connectivity index (χ1) is 11.8. The quantitative estimate of drug-likeness (QED) is 0.896. The Morgan fingerprint density at radius 2 is 2.00 bits per heavy atom. The molecule has 6 heteroatoms. The van der Waals surface area contributed by atoms with Crippen molar-refractivity contribution in [1.29, 1.82) is 0 Å². The molecule has 3 heterocycles. The fourth-order valence-corrected chi connectivity index (χ4v) is 3.87. The highest BCUT2D eigenvalue weighted by Gasteiger charge is 2.29. The Morgan fingerprint density at radius 3 is 2.83 bits per heavy atom. The maximum absolute atomic E-state index is 14.1. The molecule has 0 bridgehead atoms. The topological polar surface area (TPSA) is 47.2 Å². The number of hydrogen-bond donors (Lipinski definition) is 2. The second-order valence-corrected chi connectivity index (χ2v) is 6.71. The van der Waals surface area contributed by atoms with Gasteiger partial charge in [0.05, 0.1) is 11.9 Å².